The molecule has 0 aliphatic rings. The summed E-state index contributed by atoms with van der Waals surface area (Å²) >= 11 is 2.22. The molecule has 28 heavy (non-hydrogen) atoms. The van der Waals surface area contributed by atoms with Crippen LogP contribution in [-0.2, 0) is 4.79 Å². The van der Waals surface area contributed by atoms with Gasteiger partial charge in [0.25, 0.3) is 5.91 Å². The highest BCUT2D eigenvalue weighted by Gasteiger charge is 2.25. The second-order valence-electron chi connectivity index (χ2n) is 6.75. The van der Waals surface area contributed by atoms with Gasteiger partial charge in [-0.25, -0.2) is 0 Å². The Balaban J connectivity index is 2.18. The lowest BCUT2D eigenvalue weighted by Gasteiger charge is -2.22. The van der Waals surface area contributed by atoms with Crippen LogP contribution < -0.4 is 20.1 Å². The van der Waals surface area contributed by atoms with Crippen molar-refractivity contribution >= 4 is 40.1 Å². The van der Waals surface area contributed by atoms with E-state index in [1.807, 2.05) is 39.0 Å². The van der Waals surface area contributed by atoms with E-state index in [2.05, 4.69) is 33.2 Å². The Morgan fingerprint density at radius 2 is 1.61 bits per heavy atom. The van der Waals surface area contributed by atoms with E-state index in [0.717, 1.165) is 9.13 Å². The minimum atomic E-state index is -0.691. The number of anilines is 1. The van der Waals surface area contributed by atoms with Crippen LogP contribution in [0.1, 0.15) is 29.8 Å². The average Bonchev–Trinajstić information content (AvgIpc) is 2.67. The Labute approximate surface area is 179 Å². The number of methoxy groups -OCH3 is 2. The second-order valence-corrected chi connectivity index (χ2v) is 7.91. The molecule has 0 heterocycles. The number of rotatable bonds is 7. The topological polar surface area (TPSA) is 76.7 Å². The van der Waals surface area contributed by atoms with E-state index < -0.39 is 6.04 Å². The Morgan fingerprint density at radius 1 is 1.00 bits per heavy atom. The Morgan fingerprint density at radius 3 is 2.11 bits per heavy atom. The van der Waals surface area contributed by atoms with Gasteiger partial charge in [0.2, 0.25) is 5.91 Å². The molecule has 2 rings (SSSR count). The van der Waals surface area contributed by atoms with Crippen molar-refractivity contribution in [2.45, 2.75) is 26.8 Å². The maximum atomic E-state index is 12.8. The lowest BCUT2D eigenvalue weighted by atomic mass is 10.0. The summed E-state index contributed by atoms with van der Waals surface area (Å²) in [4.78, 5) is 25.5. The van der Waals surface area contributed by atoms with Gasteiger partial charge in [0.1, 0.15) is 17.5 Å². The molecule has 6 nitrogen and oxygen atoms in total. The number of nitrogens with one attached hydrogen (secondary N) is 2. The monoisotopic (exact) mass is 496 g/mol. The van der Waals surface area contributed by atoms with Crippen LogP contribution in [-0.4, -0.2) is 32.1 Å². The quantitative estimate of drug-likeness (QED) is 0.569. The maximum Gasteiger partial charge on any atom is 0.252 e. The number of carbonyl (C=O) groups is 2. The predicted octanol–water partition coefficient (Wildman–Crippen LogP) is 4.01. The maximum absolute atomic E-state index is 12.8. The zero-order valence-electron chi connectivity index (χ0n) is 16.6. The Kier molecular flexibility index (Phi) is 7.68. The standard InChI is InChI=1S/C21H25IN2O4/c1-12(2)19(21(26)23-15-7-6-13(3)18(22)10-15)24-20(25)14-8-16(27-4)11-17(9-14)28-5/h6-12,19H,1-5H3,(H,23,26)(H,24,25). The Hall–Kier alpha value is -2.29. The number of aryl methyl sites for hydroxylation is 1. The lowest BCUT2D eigenvalue weighted by Crippen LogP contribution is -2.47. The zero-order chi connectivity index (χ0) is 20.8. The molecular formula is C21H25IN2O4. The number of benzene rings is 2. The molecule has 0 bridgehead atoms. The molecular weight excluding hydrogens is 471 g/mol. The van der Waals surface area contributed by atoms with Gasteiger partial charge in [-0.3, -0.25) is 9.59 Å². The van der Waals surface area contributed by atoms with Crippen molar-refractivity contribution in [3.63, 3.8) is 0 Å². The number of carbonyl (C=O) groups excluding carboxylic acids is 2. The first-order valence-electron chi connectivity index (χ1n) is 8.86. The summed E-state index contributed by atoms with van der Waals surface area (Å²) in [7, 11) is 3.04. The third-order valence-corrected chi connectivity index (χ3v) is 5.45. The van der Waals surface area contributed by atoms with Crippen molar-refractivity contribution in [2.24, 2.45) is 5.92 Å². The van der Waals surface area contributed by atoms with Crippen LogP contribution in [0.15, 0.2) is 36.4 Å². The molecule has 7 heteroatoms. The molecule has 2 N–H and O–H groups in total. The summed E-state index contributed by atoms with van der Waals surface area (Å²) in [5.41, 5.74) is 2.20. The summed E-state index contributed by atoms with van der Waals surface area (Å²) in [6.45, 7) is 5.78. The SMILES string of the molecule is COc1cc(OC)cc(C(=O)NC(C(=O)Nc2ccc(C)c(I)c2)C(C)C)c1. The number of amides is 2. The minimum absolute atomic E-state index is 0.0963. The van der Waals surface area contributed by atoms with Gasteiger partial charge in [-0.2, -0.15) is 0 Å². The lowest BCUT2D eigenvalue weighted by molar-refractivity contribution is -0.118. The fraction of sp³-hybridized carbons (Fsp3) is 0.333. The second kappa shape index (κ2) is 9.77. The first-order valence-corrected chi connectivity index (χ1v) is 9.94. The highest BCUT2D eigenvalue weighted by Crippen LogP contribution is 2.23. The van der Waals surface area contributed by atoms with Crippen LogP contribution in [0.25, 0.3) is 0 Å². The van der Waals surface area contributed by atoms with Crippen molar-refractivity contribution in [1.29, 1.82) is 0 Å². The molecule has 0 radical (unpaired) electrons. The third-order valence-electron chi connectivity index (χ3n) is 4.29. The van der Waals surface area contributed by atoms with Crippen molar-refractivity contribution in [2.75, 3.05) is 19.5 Å². The summed E-state index contributed by atoms with van der Waals surface area (Å²) in [6, 6.07) is 9.90. The first-order chi connectivity index (χ1) is 13.2. The normalized spacial score (nSPS) is 11.7. The fourth-order valence-corrected chi connectivity index (χ4v) is 3.10. The predicted molar refractivity (Wildman–Crippen MR) is 118 cm³/mol. The van der Waals surface area contributed by atoms with Gasteiger partial charge in [0.05, 0.1) is 14.2 Å². The summed E-state index contributed by atoms with van der Waals surface area (Å²) < 4.78 is 11.5. The molecule has 150 valence electrons. The summed E-state index contributed by atoms with van der Waals surface area (Å²) in [5.74, 6) is 0.275. The van der Waals surface area contributed by atoms with Gasteiger partial charge >= 0.3 is 0 Å². The summed E-state index contributed by atoms with van der Waals surface area (Å²) in [6.07, 6.45) is 0. The van der Waals surface area contributed by atoms with Crippen LogP contribution >= 0.6 is 22.6 Å². The van der Waals surface area contributed by atoms with Gasteiger partial charge in [0, 0.05) is 20.9 Å². The fourth-order valence-electron chi connectivity index (χ4n) is 2.59. The van der Waals surface area contributed by atoms with E-state index in [-0.39, 0.29) is 17.7 Å². The van der Waals surface area contributed by atoms with Crippen LogP contribution in [0.4, 0.5) is 5.69 Å². The largest absolute Gasteiger partial charge is 0.497 e. The van der Waals surface area contributed by atoms with E-state index in [1.165, 1.54) is 14.2 Å². The zero-order valence-corrected chi connectivity index (χ0v) is 18.8. The molecule has 0 fully saturated rings. The molecule has 0 spiro atoms. The number of halogens is 1. The number of hydrogen-bond acceptors (Lipinski definition) is 4. The van der Waals surface area contributed by atoms with Crippen molar-refractivity contribution < 1.29 is 19.1 Å². The van der Waals surface area contributed by atoms with E-state index in [4.69, 9.17) is 9.47 Å². The van der Waals surface area contributed by atoms with E-state index in [9.17, 15) is 9.59 Å². The molecule has 1 atom stereocenters. The van der Waals surface area contributed by atoms with Crippen LogP contribution in [0.2, 0.25) is 0 Å². The third kappa shape index (κ3) is 5.60. The molecule has 0 aromatic heterocycles. The molecule has 0 aliphatic carbocycles. The molecule has 0 saturated carbocycles. The minimum Gasteiger partial charge on any atom is -0.497 e. The molecule has 1 unspecified atom stereocenters. The highest BCUT2D eigenvalue weighted by atomic mass is 127. The van der Waals surface area contributed by atoms with Gasteiger partial charge in [0.15, 0.2) is 0 Å². The Bertz CT molecular complexity index is 845. The molecule has 2 aromatic carbocycles. The van der Waals surface area contributed by atoms with Gasteiger partial charge < -0.3 is 20.1 Å². The van der Waals surface area contributed by atoms with Crippen LogP contribution in [0.5, 0.6) is 11.5 Å². The van der Waals surface area contributed by atoms with Gasteiger partial charge in [-0.1, -0.05) is 19.9 Å². The van der Waals surface area contributed by atoms with E-state index in [1.54, 1.807) is 18.2 Å². The van der Waals surface area contributed by atoms with Crippen molar-refractivity contribution in [3.8, 4) is 11.5 Å². The van der Waals surface area contributed by atoms with Crippen LogP contribution in [0.3, 0.4) is 0 Å². The van der Waals surface area contributed by atoms with Gasteiger partial charge in [-0.15, -0.1) is 0 Å². The van der Waals surface area contributed by atoms with E-state index >= 15 is 0 Å². The first kappa shape index (κ1) is 22.0. The number of ether oxygens (including phenoxy) is 2. The van der Waals surface area contributed by atoms with E-state index in [0.29, 0.717) is 22.7 Å². The van der Waals surface area contributed by atoms with Gasteiger partial charge in [-0.05, 0) is 65.3 Å². The molecule has 2 aromatic rings. The molecule has 0 saturated heterocycles. The molecule has 0 aliphatic heterocycles. The van der Waals surface area contributed by atoms with Crippen molar-refractivity contribution in [3.05, 3.63) is 51.1 Å². The van der Waals surface area contributed by atoms with Crippen molar-refractivity contribution in [1.82, 2.24) is 5.32 Å². The molecule has 2 amide bonds. The summed E-state index contributed by atoms with van der Waals surface area (Å²) in [5, 5.41) is 5.70. The smallest absolute Gasteiger partial charge is 0.252 e. The highest BCUT2D eigenvalue weighted by molar-refractivity contribution is 14.1. The average molecular weight is 496 g/mol. The van der Waals surface area contributed by atoms with Crippen LogP contribution in [0, 0.1) is 16.4 Å². The number of hydrogen-bond donors (Lipinski definition) is 2.